The molecular formula is C12H20N4O2. The van der Waals surface area contributed by atoms with E-state index in [2.05, 4.69) is 36.4 Å². The third-order valence-corrected chi connectivity index (χ3v) is 2.85. The summed E-state index contributed by atoms with van der Waals surface area (Å²) in [5.74, 6) is 1.47. The third kappa shape index (κ3) is 3.58. The first-order valence-electron chi connectivity index (χ1n) is 6.08. The van der Waals surface area contributed by atoms with Crippen molar-refractivity contribution in [1.29, 1.82) is 0 Å². The molecular weight excluding hydrogens is 232 g/mol. The fraction of sp³-hybridized carbons (Fsp3) is 0.583. The predicted octanol–water partition coefficient (Wildman–Crippen LogP) is 2.88. The quantitative estimate of drug-likeness (QED) is 0.601. The number of aromatic nitrogens is 1. The summed E-state index contributed by atoms with van der Waals surface area (Å²) >= 11 is 0. The van der Waals surface area contributed by atoms with Gasteiger partial charge in [-0.15, -0.1) is 0 Å². The van der Waals surface area contributed by atoms with E-state index >= 15 is 0 Å². The van der Waals surface area contributed by atoms with Crippen LogP contribution in [0.1, 0.15) is 27.2 Å². The van der Waals surface area contributed by atoms with E-state index in [1.54, 1.807) is 7.05 Å². The average molecular weight is 252 g/mol. The van der Waals surface area contributed by atoms with Crippen molar-refractivity contribution in [1.82, 2.24) is 4.98 Å². The molecule has 1 heterocycles. The highest BCUT2D eigenvalue weighted by Crippen LogP contribution is 2.22. The lowest BCUT2D eigenvalue weighted by atomic mass is 10.0. The largest absolute Gasteiger partial charge is 0.373 e. The molecule has 18 heavy (non-hydrogen) atoms. The highest BCUT2D eigenvalue weighted by atomic mass is 16.6. The third-order valence-electron chi connectivity index (χ3n) is 2.85. The first kappa shape index (κ1) is 14.2. The molecule has 0 amide bonds. The van der Waals surface area contributed by atoms with Gasteiger partial charge in [0.05, 0.1) is 17.1 Å². The molecule has 2 N–H and O–H groups in total. The lowest BCUT2D eigenvalue weighted by Crippen LogP contribution is -2.25. The van der Waals surface area contributed by atoms with Crippen LogP contribution in [0.3, 0.4) is 0 Å². The van der Waals surface area contributed by atoms with Crippen molar-refractivity contribution in [3.05, 3.63) is 22.2 Å². The van der Waals surface area contributed by atoms with E-state index in [1.807, 2.05) is 0 Å². The molecule has 1 aromatic rings. The number of hydrogen-bond donors (Lipinski definition) is 2. The Morgan fingerprint density at radius 2 is 2.00 bits per heavy atom. The monoisotopic (exact) mass is 252 g/mol. The summed E-state index contributed by atoms with van der Waals surface area (Å²) in [5.41, 5.74) is 0.0375. The zero-order valence-electron chi connectivity index (χ0n) is 11.2. The number of pyridine rings is 1. The second-order valence-corrected chi connectivity index (χ2v) is 4.51. The molecule has 0 bridgehead atoms. The molecule has 6 nitrogen and oxygen atoms in total. The molecule has 0 spiro atoms. The van der Waals surface area contributed by atoms with Crippen LogP contribution in [0.4, 0.5) is 17.3 Å². The van der Waals surface area contributed by atoms with Gasteiger partial charge in [-0.3, -0.25) is 10.1 Å². The van der Waals surface area contributed by atoms with E-state index in [0.29, 0.717) is 17.6 Å². The highest BCUT2D eigenvalue weighted by Gasteiger charge is 2.15. The maximum Gasteiger partial charge on any atom is 0.276 e. The van der Waals surface area contributed by atoms with Crippen LogP contribution in [0.2, 0.25) is 0 Å². The molecule has 0 fully saturated rings. The van der Waals surface area contributed by atoms with Gasteiger partial charge in [0.2, 0.25) is 0 Å². The van der Waals surface area contributed by atoms with Crippen LogP contribution in [0, 0.1) is 16.0 Å². The van der Waals surface area contributed by atoms with Gasteiger partial charge in [-0.25, -0.2) is 4.98 Å². The van der Waals surface area contributed by atoms with Crippen LogP contribution >= 0.6 is 0 Å². The van der Waals surface area contributed by atoms with Gasteiger partial charge in [-0.1, -0.05) is 20.8 Å². The number of nitrogens with zero attached hydrogens (tertiary/aromatic N) is 2. The van der Waals surface area contributed by atoms with Crippen LogP contribution < -0.4 is 10.6 Å². The lowest BCUT2D eigenvalue weighted by Gasteiger charge is -2.21. The molecule has 0 aliphatic rings. The summed E-state index contributed by atoms with van der Waals surface area (Å²) in [7, 11) is 1.69. The van der Waals surface area contributed by atoms with Gasteiger partial charge in [-0.2, -0.15) is 0 Å². The van der Waals surface area contributed by atoms with Crippen molar-refractivity contribution in [3.8, 4) is 0 Å². The SMILES string of the molecule is CCC(Nc1cc([N+](=O)[O-])cc(NC)n1)C(C)C. The van der Waals surface area contributed by atoms with Gasteiger partial charge in [0.25, 0.3) is 5.69 Å². The van der Waals surface area contributed by atoms with Crippen LogP contribution in [-0.4, -0.2) is 23.0 Å². The Balaban J connectivity index is 3.00. The van der Waals surface area contributed by atoms with Crippen molar-refractivity contribution in [2.75, 3.05) is 17.7 Å². The summed E-state index contributed by atoms with van der Waals surface area (Å²) in [4.78, 5) is 14.7. The molecule has 1 atom stereocenters. The average Bonchev–Trinajstić information content (AvgIpc) is 2.34. The fourth-order valence-electron chi connectivity index (χ4n) is 1.75. The molecule has 6 heteroatoms. The minimum absolute atomic E-state index is 0.0375. The van der Waals surface area contributed by atoms with E-state index < -0.39 is 4.92 Å². The predicted molar refractivity (Wildman–Crippen MR) is 73.0 cm³/mol. The summed E-state index contributed by atoms with van der Waals surface area (Å²) < 4.78 is 0. The van der Waals surface area contributed by atoms with Gasteiger partial charge in [0.15, 0.2) is 0 Å². The summed E-state index contributed by atoms with van der Waals surface area (Å²) in [6.07, 6.45) is 0.941. The van der Waals surface area contributed by atoms with E-state index in [4.69, 9.17) is 0 Å². The van der Waals surface area contributed by atoms with Crippen molar-refractivity contribution in [3.63, 3.8) is 0 Å². The normalized spacial score (nSPS) is 12.3. The van der Waals surface area contributed by atoms with Gasteiger partial charge in [-0.05, 0) is 12.3 Å². The summed E-state index contributed by atoms with van der Waals surface area (Å²) in [6, 6.07) is 3.14. The molecule has 1 aromatic heterocycles. The number of anilines is 2. The molecule has 0 saturated heterocycles. The zero-order valence-corrected chi connectivity index (χ0v) is 11.2. The highest BCUT2D eigenvalue weighted by molar-refractivity contribution is 5.54. The van der Waals surface area contributed by atoms with E-state index in [1.165, 1.54) is 12.1 Å². The Kier molecular flexibility index (Phi) is 4.88. The Bertz CT molecular complexity index is 421. The molecule has 0 saturated carbocycles. The molecule has 1 rings (SSSR count). The van der Waals surface area contributed by atoms with Gasteiger partial charge < -0.3 is 10.6 Å². The standard InChI is InChI=1S/C12H20N4O2/c1-5-10(8(2)3)14-12-7-9(16(17)18)6-11(13-4)15-12/h6-8,10H,5H2,1-4H3,(H2,13,14,15). The van der Waals surface area contributed by atoms with Crippen molar-refractivity contribution in [2.24, 2.45) is 5.92 Å². The topological polar surface area (TPSA) is 80.1 Å². The molecule has 0 radical (unpaired) electrons. The number of rotatable bonds is 6. The molecule has 100 valence electrons. The first-order valence-corrected chi connectivity index (χ1v) is 6.08. The second kappa shape index (κ2) is 6.18. The van der Waals surface area contributed by atoms with Crippen molar-refractivity contribution >= 4 is 17.3 Å². The Morgan fingerprint density at radius 3 is 2.44 bits per heavy atom. The van der Waals surface area contributed by atoms with Crippen LogP contribution in [-0.2, 0) is 0 Å². The van der Waals surface area contributed by atoms with Crippen LogP contribution in [0.15, 0.2) is 12.1 Å². The molecule has 0 aliphatic carbocycles. The Hall–Kier alpha value is -1.85. The Morgan fingerprint density at radius 1 is 1.39 bits per heavy atom. The first-order chi connectivity index (χ1) is 8.47. The Labute approximate surface area is 107 Å². The molecule has 1 unspecified atom stereocenters. The summed E-state index contributed by atoms with van der Waals surface area (Å²) in [5, 5.41) is 16.9. The maximum absolute atomic E-state index is 10.8. The van der Waals surface area contributed by atoms with Gasteiger partial charge >= 0.3 is 0 Å². The minimum Gasteiger partial charge on any atom is -0.373 e. The van der Waals surface area contributed by atoms with E-state index in [9.17, 15) is 10.1 Å². The molecule has 0 aliphatic heterocycles. The number of nitrogens with one attached hydrogen (secondary N) is 2. The molecule has 0 aromatic carbocycles. The van der Waals surface area contributed by atoms with Gasteiger partial charge in [0, 0.05) is 13.1 Å². The van der Waals surface area contributed by atoms with E-state index in [0.717, 1.165) is 6.42 Å². The minimum atomic E-state index is -0.413. The zero-order chi connectivity index (χ0) is 13.7. The van der Waals surface area contributed by atoms with E-state index in [-0.39, 0.29) is 11.7 Å². The summed E-state index contributed by atoms with van der Waals surface area (Å²) in [6.45, 7) is 6.29. The van der Waals surface area contributed by atoms with Crippen molar-refractivity contribution < 1.29 is 4.92 Å². The fourth-order valence-corrected chi connectivity index (χ4v) is 1.75. The van der Waals surface area contributed by atoms with Crippen LogP contribution in [0.5, 0.6) is 0 Å². The van der Waals surface area contributed by atoms with Crippen molar-refractivity contribution in [2.45, 2.75) is 33.2 Å². The number of nitro groups is 1. The number of hydrogen-bond acceptors (Lipinski definition) is 5. The van der Waals surface area contributed by atoms with Gasteiger partial charge in [0.1, 0.15) is 11.6 Å². The smallest absolute Gasteiger partial charge is 0.276 e. The second-order valence-electron chi connectivity index (χ2n) is 4.51. The maximum atomic E-state index is 10.8. The van der Waals surface area contributed by atoms with Crippen LogP contribution in [0.25, 0.3) is 0 Å². The lowest BCUT2D eigenvalue weighted by molar-refractivity contribution is -0.384.